The predicted molar refractivity (Wildman–Crippen MR) is 64.9 cm³/mol. The molecule has 1 aliphatic rings. The SMILES string of the molecule is O=C1CC[C@@H](C(=O)Nc2cccc(C(=O)O)c2O)N1. The Balaban J connectivity index is 2.15. The van der Waals surface area contributed by atoms with E-state index in [9.17, 15) is 19.5 Å². The molecule has 1 atom stereocenters. The number of carbonyl (C=O) groups excluding carboxylic acids is 2. The van der Waals surface area contributed by atoms with Gasteiger partial charge in [0.05, 0.1) is 5.69 Å². The van der Waals surface area contributed by atoms with Crippen molar-refractivity contribution in [2.45, 2.75) is 18.9 Å². The van der Waals surface area contributed by atoms with Crippen molar-refractivity contribution in [3.05, 3.63) is 23.8 Å². The Hall–Kier alpha value is -2.57. The average Bonchev–Trinajstić information content (AvgIpc) is 2.78. The number of aromatic hydroxyl groups is 1. The molecule has 4 N–H and O–H groups in total. The lowest BCUT2D eigenvalue weighted by atomic mass is 10.1. The molecule has 0 unspecified atom stereocenters. The molecule has 1 heterocycles. The van der Waals surface area contributed by atoms with Crippen molar-refractivity contribution >= 4 is 23.5 Å². The highest BCUT2D eigenvalue weighted by Crippen LogP contribution is 2.27. The predicted octanol–water partition coefficient (Wildman–Crippen LogP) is 0.308. The van der Waals surface area contributed by atoms with Crippen LogP contribution in [0, 0.1) is 0 Å². The third-order valence-electron chi connectivity index (χ3n) is 2.84. The number of phenols is 1. The Labute approximate surface area is 108 Å². The largest absolute Gasteiger partial charge is 0.505 e. The molecule has 0 saturated carbocycles. The number of anilines is 1. The lowest BCUT2D eigenvalue weighted by Gasteiger charge is -2.12. The highest BCUT2D eigenvalue weighted by atomic mass is 16.4. The maximum atomic E-state index is 11.8. The van der Waals surface area contributed by atoms with Crippen LogP contribution in [-0.4, -0.2) is 34.0 Å². The second kappa shape index (κ2) is 4.97. The van der Waals surface area contributed by atoms with E-state index in [0.29, 0.717) is 6.42 Å². The van der Waals surface area contributed by atoms with Crippen LogP contribution in [0.4, 0.5) is 5.69 Å². The highest BCUT2D eigenvalue weighted by molar-refractivity contribution is 6.01. The molecule has 1 aromatic carbocycles. The van der Waals surface area contributed by atoms with Crippen LogP contribution in [0.1, 0.15) is 23.2 Å². The summed E-state index contributed by atoms with van der Waals surface area (Å²) in [5.41, 5.74) is -0.292. The van der Waals surface area contributed by atoms with Crippen molar-refractivity contribution in [3.63, 3.8) is 0 Å². The number of para-hydroxylation sites is 1. The van der Waals surface area contributed by atoms with E-state index in [2.05, 4.69) is 10.6 Å². The molecule has 7 nitrogen and oxygen atoms in total. The molecule has 0 spiro atoms. The summed E-state index contributed by atoms with van der Waals surface area (Å²) < 4.78 is 0. The fraction of sp³-hybridized carbons (Fsp3) is 0.250. The minimum absolute atomic E-state index is 0.00560. The smallest absolute Gasteiger partial charge is 0.339 e. The van der Waals surface area contributed by atoms with Gasteiger partial charge in [0.15, 0.2) is 5.75 Å². The van der Waals surface area contributed by atoms with E-state index in [0.717, 1.165) is 0 Å². The van der Waals surface area contributed by atoms with Gasteiger partial charge in [0.25, 0.3) is 0 Å². The fourth-order valence-electron chi connectivity index (χ4n) is 1.85. The van der Waals surface area contributed by atoms with Gasteiger partial charge in [-0.2, -0.15) is 0 Å². The molecule has 100 valence electrons. The van der Waals surface area contributed by atoms with Gasteiger partial charge in [0, 0.05) is 6.42 Å². The molecule has 19 heavy (non-hydrogen) atoms. The molecule has 2 amide bonds. The van der Waals surface area contributed by atoms with Crippen LogP contribution in [-0.2, 0) is 9.59 Å². The Morgan fingerprint density at radius 1 is 1.37 bits per heavy atom. The normalized spacial score (nSPS) is 17.9. The third kappa shape index (κ3) is 2.65. The van der Waals surface area contributed by atoms with E-state index >= 15 is 0 Å². The van der Waals surface area contributed by atoms with Crippen molar-refractivity contribution in [1.82, 2.24) is 5.32 Å². The summed E-state index contributed by atoms with van der Waals surface area (Å²) in [7, 11) is 0. The molecule has 1 aliphatic heterocycles. The summed E-state index contributed by atoms with van der Waals surface area (Å²) in [6.45, 7) is 0. The monoisotopic (exact) mass is 264 g/mol. The van der Waals surface area contributed by atoms with E-state index in [4.69, 9.17) is 5.11 Å². The van der Waals surface area contributed by atoms with Crippen molar-refractivity contribution < 1.29 is 24.6 Å². The molecule has 1 aromatic rings. The van der Waals surface area contributed by atoms with Gasteiger partial charge in [0.2, 0.25) is 11.8 Å². The number of nitrogens with one attached hydrogen (secondary N) is 2. The Kier molecular flexibility index (Phi) is 3.37. The number of carboxylic acid groups (broad SMARTS) is 1. The van der Waals surface area contributed by atoms with Gasteiger partial charge >= 0.3 is 5.97 Å². The Morgan fingerprint density at radius 3 is 2.68 bits per heavy atom. The first-order chi connectivity index (χ1) is 8.99. The molecular weight excluding hydrogens is 252 g/mol. The molecule has 0 aromatic heterocycles. The minimum Gasteiger partial charge on any atom is -0.505 e. The zero-order valence-electron chi connectivity index (χ0n) is 9.84. The maximum Gasteiger partial charge on any atom is 0.339 e. The molecule has 7 heteroatoms. The van der Waals surface area contributed by atoms with Crippen molar-refractivity contribution in [2.24, 2.45) is 0 Å². The van der Waals surface area contributed by atoms with Gasteiger partial charge in [-0.1, -0.05) is 6.07 Å². The summed E-state index contributed by atoms with van der Waals surface area (Å²) in [6.07, 6.45) is 0.656. The lowest BCUT2D eigenvalue weighted by Crippen LogP contribution is -2.37. The van der Waals surface area contributed by atoms with Crippen LogP contribution in [0.3, 0.4) is 0 Å². The number of carbonyl (C=O) groups is 3. The molecule has 1 fully saturated rings. The maximum absolute atomic E-state index is 11.8. The Morgan fingerprint density at radius 2 is 2.11 bits per heavy atom. The van der Waals surface area contributed by atoms with Gasteiger partial charge in [-0.15, -0.1) is 0 Å². The van der Waals surface area contributed by atoms with E-state index in [-0.39, 0.29) is 23.6 Å². The molecule has 1 saturated heterocycles. The van der Waals surface area contributed by atoms with Crippen molar-refractivity contribution in [1.29, 1.82) is 0 Å². The van der Waals surface area contributed by atoms with E-state index in [1.165, 1.54) is 18.2 Å². The van der Waals surface area contributed by atoms with Crippen LogP contribution < -0.4 is 10.6 Å². The quantitative estimate of drug-likeness (QED) is 0.586. The first-order valence-corrected chi connectivity index (χ1v) is 5.64. The van der Waals surface area contributed by atoms with Crippen LogP contribution in [0.25, 0.3) is 0 Å². The van der Waals surface area contributed by atoms with E-state index in [1.807, 2.05) is 0 Å². The topological polar surface area (TPSA) is 116 Å². The van der Waals surface area contributed by atoms with Crippen molar-refractivity contribution in [2.75, 3.05) is 5.32 Å². The van der Waals surface area contributed by atoms with Gasteiger partial charge in [-0.05, 0) is 18.6 Å². The third-order valence-corrected chi connectivity index (χ3v) is 2.84. The Bertz CT molecular complexity index is 555. The van der Waals surface area contributed by atoms with Gasteiger partial charge < -0.3 is 20.8 Å². The summed E-state index contributed by atoms with van der Waals surface area (Å²) in [5.74, 6) is -2.48. The van der Waals surface area contributed by atoms with E-state index < -0.39 is 23.7 Å². The molecule has 0 bridgehead atoms. The van der Waals surface area contributed by atoms with Crippen LogP contribution in [0.2, 0.25) is 0 Å². The second-order valence-electron chi connectivity index (χ2n) is 4.15. The molecule has 2 rings (SSSR count). The number of benzene rings is 1. The van der Waals surface area contributed by atoms with E-state index in [1.54, 1.807) is 0 Å². The van der Waals surface area contributed by atoms with Gasteiger partial charge in [-0.25, -0.2) is 4.79 Å². The highest BCUT2D eigenvalue weighted by Gasteiger charge is 2.28. The zero-order valence-corrected chi connectivity index (χ0v) is 9.84. The van der Waals surface area contributed by atoms with Crippen molar-refractivity contribution in [3.8, 4) is 5.75 Å². The molecular formula is C12H12N2O5. The number of rotatable bonds is 3. The summed E-state index contributed by atoms with van der Waals surface area (Å²) in [6, 6.07) is 3.37. The lowest BCUT2D eigenvalue weighted by molar-refractivity contribution is -0.122. The summed E-state index contributed by atoms with van der Waals surface area (Å²) in [5, 5.41) is 23.4. The van der Waals surface area contributed by atoms with Crippen LogP contribution in [0.15, 0.2) is 18.2 Å². The number of amides is 2. The summed E-state index contributed by atoms with van der Waals surface area (Å²) in [4.78, 5) is 33.6. The zero-order chi connectivity index (χ0) is 14.0. The first-order valence-electron chi connectivity index (χ1n) is 5.64. The summed E-state index contributed by atoms with van der Waals surface area (Å²) >= 11 is 0. The number of hydrogen-bond donors (Lipinski definition) is 4. The van der Waals surface area contributed by atoms with Crippen LogP contribution in [0.5, 0.6) is 5.75 Å². The standard InChI is InChI=1S/C12H12N2O5/c15-9-5-4-8(13-9)11(17)14-7-3-1-2-6(10(7)16)12(18)19/h1-3,8,16H,4-5H2,(H,13,15)(H,14,17)(H,18,19)/t8-/m0/s1. The first kappa shape index (κ1) is 12.9. The number of hydrogen-bond acceptors (Lipinski definition) is 4. The average molecular weight is 264 g/mol. The number of carboxylic acids is 1. The fourth-order valence-corrected chi connectivity index (χ4v) is 1.85. The molecule has 0 radical (unpaired) electrons. The van der Waals surface area contributed by atoms with Gasteiger partial charge in [0.1, 0.15) is 11.6 Å². The van der Waals surface area contributed by atoms with Crippen LogP contribution >= 0.6 is 0 Å². The number of aromatic carboxylic acids is 1. The molecule has 0 aliphatic carbocycles. The minimum atomic E-state index is -1.29. The van der Waals surface area contributed by atoms with Gasteiger partial charge in [-0.3, -0.25) is 9.59 Å². The second-order valence-corrected chi connectivity index (χ2v) is 4.15.